The number of carbonyl (C=O) groups is 1. The van der Waals surface area contributed by atoms with E-state index in [4.69, 9.17) is 10.4 Å². The molecule has 0 aliphatic rings. The van der Waals surface area contributed by atoms with E-state index >= 15 is 0 Å². The van der Waals surface area contributed by atoms with Gasteiger partial charge >= 0.3 is 5.97 Å². The fourth-order valence-corrected chi connectivity index (χ4v) is 2.22. The summed E-state index contributed by atoms with van der Waals surface area (Å²) < 4.78 is 2.79. The van der Waals surface area contributed by atoms with Gasteiger partial charge in [0.2, 0.25) is 0 Å². The Morgan fingerprint density at radius 3 is 3.00 bits per heavy atom. The molecule has 1 aromatic heterocycles. The number of carboxylic acids is 1. The smallest absolute Gasteiger partial charge is 0.313 e. The highest BCUT2D eigenvalue weighted by Crippen LogP contribution is 2.23. The lowest BCUT2D eigenvalue weighted by molar-refractivity contribution is -0.133. The van der Waals surface area contributed by atoms with Crippen molar-refractivity contribution in [3.05, 3.63) is 15.9 Å². The summed E-state index contributed by atoms with van der Waals surface area (Å²) in [5.74, 6) is -1.13. The van der Waals surface area contributed by atoms with Gasteiger partial charge in [0.15, 0.2) is 0 Å². The van der Waals surface area contributed by atoms with Crippen LogP contribution in [0.3, 0.4) is 0 Å². The van der Waals surface area contributed by atoms with E-state index in [-0.39, 0.29) is 11.3 Å². The lowest BCUT2D eigenvalue weighted by Crippen LogP contribution is -2.02. The van der Waals surface area contributed by atoms with E-state index < -0.39 is 11.5 Å². The summed E-state index contributed by atoms with van der Waals surface area (Å²) in [5.41, 5.74) is -0.461. The fraction of sp³-hybridized carbons (Fsp3) is 0.167. The summed E-state index contributed by atoms with van der Waals surface area (Å²) in [4.78, 5) is 21.1. The average Bonchev–Trinajstić information content (AvgIpc) is 2.42. The first kappa shape index (κ1) is 9.83. The number of thioether (sulfide) groups is 1. The third-order valence-corrected chi connectivity index (χ3v) is 3.24. The van der Waals surface area contributed by atoms with Crippen molar-refractivity contribution in [3.63, 3.8) is 0 Å². The molecule has 13 heavy (non-hydrogen) atoms. The molecule has 5 nitrogen and oxygen atoms in total. The number of rotatable bonds is 3. The zero-order valence-electron chi connectivity index (χ0n) is 6.23. The number of H-pyrrole nitrogens is 1. The van der Waals surface area contributed by atoms with Gasteiger partial charge in [0.05, 0.1) is 5.75 Å². The van der Waals surface area contributed by atoms with E-state index in [2.05, 4.69) is 4.37 Å². The molecule has 0 bridgehead atoms. The van der Waals surface area contributed by atoms with Gasteiger partial charge in [0.25, 0.3) is 5.56 Å². The van der Waals surface area contributed by atoms with Crippen molar-refractivity contribution in [1.29, 1.82) is 5.26 Å². The average molecular weight is 216 g/mol. The second-order valence-corrected chi connectivity index (χ2v) is 4.05. The van der Waals surface area contributed by atoms with Crippen LogP contribution in [0.2, 0.25) is 0 Å². The normalized spacial score (nSPS) is 9.46. The highest BCUT2D eigenvalue weighted by molar-refractivity contribution is 8.01. The molecular weight excluding hydrogens is 212 g/mol. The molecule has 0 aliphatic carbocycles. The van der Waals surface area contributed by atoms with E-state index in [9.17, 15) is 9.59 Å². The molecule has 0 saturated carbocycles. The number of nitrogens with one attached hydrogen (secondary N) is 1. The van der Waals surface area contributed by atoms with Gasteiger partial charge in [0, 0.05) is 0 Å². The van der Waals surface area contributed by atoms with E-state index in [1.165, 1.54) is 0 Å². The molecule has 0 unspecified atom stereocenters. The molecule has 0 atom stereocenters. The molecule has 1 heterocycles. The van der Waals surface area contributed by atoms with Crippen molar-refractivity contribution in [2.75, 3.05) is 5.75 Å². The molecule has 0 aromatic carbocycles. The zero-order valence-corrected chi connectivity index (χ0v) is 7.87. The summed E-state index contributed by atoms with van der Waals surface area (Å²) in [6.07, 6.45) is 0. The summed E-state index contributed by atoms with van der Waals surface area (Å²) in [6, 6.07) is 1.72. The lowest BCUT2D eigenvalue weighted by Gasteiger charge is -1.90. The minimum atomic E-state index is -0.977. The number of carboxylic acid groups (broad SMARTS) is 1. The van der Waals surface area contributed by atoms with Crippen LogP contribution in [0.15, 0.2) is 9.00 Å². The standard InChI is InChI=1S/C6H4N2O3S2/c7-1-3-5(11)8-13-6(3)12-2-4(9)10/h2H2,(H,8,11)(H,9,10). The Morgan fingerprint density at radius 1 is 1.77 bits per heavy atom. The minimum Gasteiger partial charge on any atom is -0.481 e. The third-order valence-electron chi connectivity index (χ3n) is 1.11. The van der Waals surface area contributed by atoms with Crippen LogP contribution in [-0.4, -0.2) is 21.2 Å². The van der Waals surface area contributed by atoms with Crippen LogP contribution in [-0.2, 0) is 4.79 Å². The quantitative estimate of drug-likeness (QED) is 0.717. The number of nitriles is 1. The predicted molar refractivity (Wildman–Crippen MR) is 48.0 cm³/mol. The van der Waals surface area contributed by atoms with E-state index in [0.29, 0.717) is 4.21 Å². The van der Waals surface area contributed by atoms with Crippen LogP contribution in [0.5, 0.6) is 0 Å². The van der Waals surface area contributed by atoms with E-state index in [0.717, 1.165) is 23.3 Å². The molecule has 0 fully saturated rings. The Hall–Kier alpha value is -1.26. The molecule has 68 valence electrons. The van der Waals surface area contributed by atoms with Gasteiger partial charge < -0.3 is 5.11 Å². The number of aromatic nitrogens is 1. The third kappa shape index (κ3) is 2.34. The first-order valence-corrected chi connectivity index (χ1v) is 4.91. The van der Waals surface area contributed by atoms with Crippen molar-refractivity contribution >= 4 is 29.3 Å². The van der Waals surface area contributed by atoms with Crippen LogP contribution in [0.4, 0.5) is 0 Å². The highest BCUT2D eigenvalue weighted by atomic mass is 32.2. The molecular formula is C6H4N2O3S2. The maximum atomic E-state index is 10.9. The highest BCUT2D eigenvalue weighted by Gasteiger charge is 2.11. The molecule has 1 rings (SSSR count). The number of hydrogen-bond acceptors (Lipinski definition) is 5. The Balaban J connectivity index is 2.84. The maximum Gasteiger partial charge on any atom is 0.313 e. The molecule has 2 N–H and O–H groups in total. The summed E-state index contributed by atoms with van der Waals surface area (Å²) in [7, 11) is 0. The lowest BCUT2D eigenvalue weighted by atomic mass is 10.4. The SMILES string of the molecule is N#Cc1c(SCC(=O)O)s[nH]c1=O. The van der Waals surface area contributed by atoms with Crippen LogP contribution >= 0.6 is 23.3 Å². The minimum absolute atomic E-state index is 0.00347. The fourth-order valence-electron chi connectivity index (χ4n) is 0.613. The van der Waals surface area contributed by atoms with E-state index in [1.807, 2.05) is 0 Å². The van der Waals surface area contributed by atoms with Crippen molar-refractivity contribution < 1.29 is 9.90 Å². The Labute approximate surface area is 81.2 Å². The zero-order chi connectivity index (χ0) is 9.84. The second kappa shape index (κ2) is 4.11. The number of aromatic amines is 1. The molecule has 0 aliphatic heterocycles. The van der Waals surface area contributed by atoms with Gasteiger partial charge in [-0.15, -0.1) is 11.8 Å². The molecule has 1 aromatic rings. The summed E-state index contributed by atoms with van der Waals surface area (Å²) >= 11 is 1.95. The van der Waals surface area contributed by atoms with Crippen LogP contribution < -0.4 is 5.56 Å². The Kier molecular flexibility index (Phi) is 3.11. The number of hydrogen-bond donors (Lipinski definition) is 2. The van der Waals surface area contributed by atoms with Crippen LogP contribution in [0.25, 0.3) is 0 Å². The van der Waals surface area contributed by atoms with Crippen molar-refractivity contribution in [3.8, 4) is 6.07 Å². The van der Waals surface area contributed by atoms with Crippen molar-refractivity contribution in [2.24, 2.45) is 0 Å². The van der Waals surface area contributed by atoms with Crippen molar-refractivity contribution in [2.45, 2.75) is 4.21 Å². The molecule has 7 heteroatoms. The predicted octanol–water partition coefficient (Wildman–Crippen LogP) is 0.485. The largest absolute Gasteiger partial charge is 0.481 e. The van der Waals surface area contributed by atoms with Gasteiger partial charge in [-0.2, -0.15) is 5.26 Å². The van der Waals surface area contributed by atoms with Gasteiger partial charge in [-0.25, -0.2) is 0 Å². The summed E-state index contributed by atoms with van der Waals surface area (Å²) in [6.45, 7) is 0. The Bertz CT molecular complexity index is 414. The maximum absolute atomic E-state index is 10.9. The van der Waals surface area contributed by atoms with Gasteiger partial charge in [-0.1, -0.05) is 11.5 Å². The molecule has 0 radical (unpaired) electrons. The van der Waals surface area contributed by atoms with Crippen molar-refractivity contribution in [1.82, 2.24) is 4.37 Å². The first-order valence-electron chi connectivity index (χ1n) is 3.11. The topological polar surface area (TPSA) is 93.9 Å². The number of nitrogens with zero attached hydrogens (tertiary/aromatic N) is 1. The van der Waals surface area contributed by atoms with Crippen LogP contribution in [0.1, 0.15) is 5.56 Å². The second-order valence-electron chi connectivity index (χ2n) is 1.99. The van der Waals surface area contributed by atoms with Gasteiger partial charge in [-0.3, -0.25) is 14.0 Å². The first-order chi connectivity index (χ1) is 6.15. The molecule has 0 amide bonds. The van der Waals surface area contributed by atoms with Gasteiger partial charge in [-0.05, 0) is 0 Å². The van der Waals surface area contributed by atoms with E-state index in [1.54, 1.807) is 6.07 Å². The molecule has 0 saturated heterocycles. The van der Waals surface area contributed by atoms with Crippen LogP contribution in [0, 0.1) is 11.3 Å². The molecule has 0 spiro atoms. The Morgan fingerprint density at radius 2 is 2.46 bits per heavy atom. The summed E-state index contributed by atoms with van der Waals surface area (Å²) in [5, 5.41) is 16.9. The number of aliphatic carboxylic acids is 1. The van der Waals surface area contributed by atoms with Gasteiger partial charge in [0.1, 0.15) is 15.8 Å². The monoisotopic (exact) mass is 216 g/mol.